The summed E-state index contributed by atoms with van der Waals surface area (Å²) in [6.07, 6.45) is 0.549. The quantitative estimate of drug-likeness (QED) is 0.773. The fourth-order valence-corrected chi connectivity index (χ4v) is 1.83. The van der Waals surface area contributed by atoms with E-state index in [2.05, 4.69) is 11.9 Å². The van der Waals surface area contributed by atoms with Crippen molar-refractivity contribution in [1.82, 2.24) is 5.32 Å². The number of nitrogens with one attached hydrogen (secondary N) is 1. The molecule has 0 radical (unpaired) electrons. The van der Waals surface area contributed by atoms with E-state index in [1.54, 1.807) is 37.3 Å². The molecule has 0 fully saturated rings. The zero-order chi connectivity index (χ0) is 14.4. The summed E-state index contributed by atoms with van der Waals surface area (Å²) >= 11 is 0. The van der Waals surface area contributed by atoms with Crippen LogP contribution in [0.15, 0.2) is 42.5 Å². The van der Waals surface area contributed by atoms with Crippen LogP contribution in [0.2, 0.25) is 0 Å². The average Bonchev–Trinajstić information content (AvgIpc) is 2.35. The summed E-state index contributed by atoms with van der Waals surface area (Å²) < 4.78 is 0. The Kier molecular flexibility index (Phi) is 5.30. The average molecular weight is 261 g/mol. The van der Waals surface area contributed by atoms with Crippen LogP contribution in [0.3, 0.4) is 0 Å². The highest BCUT2D eigenvalue weighted by molar-refractivity contribution is 5.85. The zero-order valence-electron chi connectivity index (χ0n) is 11.2. The number of aliphatic carboxylic acids is 1. The van der Waals surface area contributed by atoms with Gasteiger partial charge in [-0.3, -0.25) is 4.79 Å². The summed E-state index contributed by atoms with van der Waals surface area (Å²) in [5, 5.41) is 11.8. The Bertz CT molecular complexity index is 468. The van der Waals surface area contributed by atoms with Gasteiger partial charge in [0.2, 0.25) is 5.91 Å². The van der Waals surface area contributed by atoms with Crippen LogP contribution >= 0.6 is 0 Å². The molecule has 4 nitrogen and oxygen atoms in total. The summed E-state index contributed by atoms with van der Waals surface area (Å²) in [5.41, 5.74) is 1.46. The number of benzene rings is 1. The van der Waals surface area contributed by atoms with Crippen molar-refractivity contribution in [3.05, 3.63) is 48.0 Å². The Morgan fingerprint density at radius 3 is 2.37 bits per heavy atom. The Balaban J connectivity index is 2.78. The van der Waals surface area contributed by atoms with Crippen molar-refractivity contribution >= 4 is 11.9 Å². The van der Waals surface area contributed by atoms with E-state index >= 15 is 0 Å². The first-order valence-corrected chi connectivity index (χ1v) is 6.14. The van der Waals surface area contributed by atoms with Crippen LogP contribution in [0.4, 0.5) is 0 Å². The molecule has 1 rings (SSSR count). The van der Waals surface area contributed by atoms with E-state index < -0.39 is 12.0 Å². The molecule has 19 heavy (non-hydrogen) atoms. The van der Waals surface area contributed by atoms with Crippen LogP contribution in [0.25, 0.3) is 0 Å². The highest BCUT2D eigenvalue weighted by Crippen LogP contribution is 2.15. The van der Waals surface area contributed by atoms with Crippen molar-refractivity contribution in [2.45, 2.75) is 26.3 Å². The molecule has 2 N–H and O–H groups in total. The molecular weight excluding hydrogens is 242 g/mol. The second kappa shape index (κ2) is 6.73. The molecule has 0 spiro atoms. The van der Waals surface area contributed by atoms with Crippen molar-refractivity contribution in [1.29, 1.82) is 0 Å². The molecule has 1 unspecified atom stereocenters. The molecule has 0 aliphatic heterocycles. The lowest BCUT2D eigenvalue weighted by Gasteiger charge is -2.18. The molecular formula is C15H19NO3. The van der Waals surface area contributed by atoms with Gasteiger partial charge in [0.05, 0.1) is 0 Å². The van der Waals surface area contributed by atoms with E-state index in [1.807, 2.05) is 6.92 Å². The molecule has 1 aromatic carbocycles. The maximum Gasteiger partial charge on any atom is 0.330 e. The summed E-state index contributed by atoms with van der Waals surface area (Å²) in [6, 6.07) is 7.64. The predicted molar refractivity (Wildman–Crippen MR) is 73.6 cm³/mol. The second-order valence-electron chi connectivity index (χ2n) is 4.75. The van der Waals surface area contributed by atoms with Gasteiger partial charge < -0.3 is 10.4 Å². The Morgan fingerprint density at radius 2 is 1.89 bits per heavy atom. The van der Waals surface area contributed by atoms with E-state index in [0.29, 0.717) is 12.0 Å². The molecule has 0 bridgehead atoms. The first-order valence-electron chi connectivity index (χ1n) is 6.14. The number of allylic oxidation sites excluding steroid dienone is 1. The first kappa shape index (κ1) is 15.0. The molecule has 0 aromatic heterocycles. The summed E-state index contributed by atoms with van der Waals surface area (Å²) in [5.74, 6) is -1.63. The van der Waals surface area contributed by atoms with Gasteiger partial charge in [0, 0.05) is 5.92 Å². The minimum absolute atomic E-state index is 0.278. The van der Waals surface area contributed by atoms with Gasteiger partial charge in [0.25, 0.3) is 0 Å². The molecule has 4 heteroatoms. The summed E-state index contributed by atoms with van der Waals surface area (Å²) in [7, 11) is 0. The minimum atomic E-state index is -1.07. The Morgan fingerprint density at radius 1 is 1.32 bits per heavy atom. The van der Waals surface area contributed by atoms with Gasteiger partial charge in [0.15, 0.2) is 6.04 Å². The number of carbonyl (C=O) groups excluding carboxylic acids is 1. The van der Waals surface area contributed by atoms with E-state index in [1.165, 1.54) is 0 Å². The molecule has 102 valence electrons. The Labute approximate surface area is 113 Å². The first-order chi connectivity index (χ1) is 8.91. The standard InChI is InChI=1S/C15H19NO3/c1-10(2)9-11(3)14(17)16-13(15(18)19)12-7-5-4-6-8-12/h4-8,11,13H,1,9H2,2-3H3,(H,16,17)(H,18,19)/t11?,13-/m1/s1. The summed E-state index contributed by atoms with van der Waals surface area (Å²) in [6.45, 7) is 7.35. The van der Waals surface area contributed by atoms with E-state index in [-0.39, 0.29) is 11.8 Å². The van der Waals surface area contributed by atoms with E-state index in [4.69, 9.17) is 0 Å². The van der Waals surface area contributed by atoms with Gasteiger partial charge in [-0.05, 0) is 18.9 Å². The van der Waals surface area contributed by atoms with Crippen molar-refractivity contribution in [3.8, 4) is 0 Å². The fraction of sp³-hybridized carbons (Fsp3) is 0.333. The van der Waals surface area contributed by atoms with Gasteiger partial charge >= 0.3 is 5.97 Å². The third-order valence-electron chi connectivity index (χ3n) is 2.77. The largest absolute Gasteiger partial charge is 0.479 e. The van der Waals surface area contributed by atoms with Crippen LogP contribution in [-0.4, -0.2) is 17.0 Å². The second-order valence-corrected chi connectivity index (χ2v) is 4.75. The topological polar surface area (TPSA) is 66.4 Å². The van der Waals surface area contributed by atoms with Crippen LogP contribution in [0.5, 0.6) is 0 Å². The van der Waals surface area contributed by atoms with Crippen LogP contribution in [-0.2, 0) is 9.59 Å². The number of carboxylic acid groups (broad SMARTS) is 1. The molecule has 1 amide bonds. The van der Waals surface area contributed by atoms with Crippen LogP contribution in [0, 0.1) is 5.92 Å². The van der Waals surface area contributed by atoms with Crippen LogP contribution in [0.1, 0.15) is 31.9 Å². The van der Waals surface area contributed by atoms with Gasteiger partial charge in [-0.2, -0.15) is 0 Å². The smallest absolute Gasteiger partial charge is 0.330 e. The third-order valence-corrected chi connectivity index (χ3v) is 2.77. The van der Waals surface area contributed by atoms with Gasteiger partial charge in [-0.15, -0.1) is 6.58 Å². The fourth-order valence-electron chi connectivity index (χ4n) is 1.83. The number of hydrogen-bond donors (Lipinski definition) is 2. The van der Waals surface area contributed by atoms with Gasteiger partial charge in [-0.25, -0.2) is 4.79 Å². The van der Waals surface area contributed by atoms with Crippen molar-refractivity contribution in [3.63, 3.8) is 0 Å². The SMILES string of the molecule is C=C(C)CC(C)C(=O)N[C@@H](C(=O)O)c1ccccc1. The molecule has 2 atom stereocenters. The van der Waals surface area contributed by atoms with Crippen LogP contribution < -0.4 is 5.32 Å². The maximum absolute atomic E-state index is 12.0. The molecule has 0 heterocycles. The lowest BCUT2D eigenvalue weighted by molar-refractivity contribution is -0.142. The molecule has 0 saturated carbocycles. The molecule has 0 aliphatic carbocycles. The number of hydrogen-bond acceptors (Lipinski definition) is 2. The van der Waals surface area contributed by atoms with Gasteiger partial charge in [-0.1, -0.05) is 42.8 Å². The number of carbonyl (C=O) groups is 2. The number of amides is 1. The highest BCUT2D eigenvalue weighted by atomic mass is 16.4. The minimum Gasteiger partial charge on any atom is -0.479 e. The van der Waals surface area contributed by atoms with E-state index in [9.17, 15) is 14.7 Å². The number of carboxylic acids is 1. The lowest BCUT2D eigenvalue weighted by Crippen LogP contribution is -2.37. The summed E-state index contributed by atoms with van der Waals surface area (Å²) in [4.78, 5) is 23.2. The maximum atomic E-state index is 12.0. The monoisotopic (exact) mass is 261 g/mol. The van der Waals surface area contributed by atoms with Crippen molar-refractivity contribution in [2.75, 3.05) is 0 Å². The lowest BCUT2D eigenvalue weighted by atomic mass is 10.0. The van der Waals surface area contributed by atoms with Crippen molar-refractivity contribution < 1.29 is 14.7 Å². The third kappa shape index (κ3) is 4.58. The zero-order valence-corrected chi connectivity index (χ0v) is 11.2. The Hall–Kier alpha value is -2.10. The predicted octanol–water partition coefficient (Wildman–Crippen LogP) is 2.53. The van der Waals surface area contributed by atoms with E-state index in [0.717, 1.165) is 5.57 Å². The molecule has 1 aromatic rings. The highest BCUT2D eigenvalue weighted by Gasteiger charge is 2.24. The molecule has 0 aliphatic rings. The molecule has 0 saturated heterocycles. The van der Waals surface area contributed by atoms with Crippen molar-refractivity contribution in [2.24, 2.45) is 5.92 Å². The number of rotatable bonds is 6. The normalized spacial score (nSPS) is 13.4. The van der Waals surface area contributed by atoms with Gasteiger partial charge in [0.1, 0.15) is 0 Å².